The highest BCUT2D eigenvalue weighted by Gasteiger charge is 2.20. The first kappa shape index (κ1) is 66.3. The number of hydrogen-bond acceptors (Lipinski definition) is 5. The Bertz CT molecular complexity index is 1060. The van der Waals surface area contributed by atoms with Crippen LogP contribution in [0.25, 0.3) is 0 Å². The van der Waals surface area contributed by atoms with E-state index in [0.29, 0.717) is 25.9 Å². The topological polar surface area (TPSA) is 95.9 Å². The van der Waals surface area contributed by atoms with E-state index in [9.17, 15) is 19.8 Å². The van der Waals surface area contributed by atoms with E-state index in [1.54, 1.807) is 0 Å². The average molecular weight is 959 g/mol. The fourth-order valence-electron chi connectivity index (χ4n) is 9.55. The molecule has 6 heteroatoms. The first-order valence-corrected chi connectivity index (χ1v) is 30.6. The van der Waals surface area contributed by atoms with Gasteiger partial charge in [0.05, 0.1) is 25.4 Å². The van der Waals surface area contributed by atoms with Gasteiger partial charge in [0.2, 0.25) is 5.91 Å². The normalized spacial score (nSPS) is 12.7. The van der Waals surface area contributed by atoms with Crippen molar-refractivity contribution in [3.8, 4) is 0 Å². The number of esters is 1. The molecule has 402 valence electrons. The van der Waals surface area contributed by atoms with Gasteiger partial charge in [0, 0.05) is 12.8 Å². The van der Waals surface area contributed by atoms with Crippen LogP contribution in [0.3, 0.4) is 0 Å². The molecule has 2 atom stereocenters. The number of aliphatic hydroxyl groups is 2. The number of carbonyl (C=O) groups excluding carboxylic acids is 2. The zero-order valence-corrected chi connectivity index (χ0v) is 45.9. The van der Waals surface area contributed by atoms with E-state index in [1.807, 2.05) is 0 Å². The van der Waals surface area contributed by atoms with Gasteiger partial charge in [-0.05, 0) is 57.8 Å². The van der Waals surface area contributed by atoms with Crippen molar-refractivity contribution in [2.24, 2.45) is 0 Å². The van der Waals surface area contributed by atoms with Crippen molar-refractivity contribution in [1.82, 2.24) is 5.32 Å². The van der Waals surface area contributed by atoms with E-state index in [0.717, 1.165) is 57.8 Å². The summed E-state index contributed by atoms with van der Waals surface area (Å²) < 4.78 is 5.49. The van der Waals surface area contributed by atoms with Crippen LogP contribution >= 0.6 is 0 Å². The van der Waals surface area contributed by atoms with Crippen LogP contribution in [0.4, 0.5) is 0 Å². The predicted octanol–water partition coefficient (Wildman–Crippen LogP) is 19.0. The molecule has 2 unspecified atom stereocenters. The molecule has 0 heterocycles. The lowest BCUT2D eigenvalue weighted by atomic mass is 10.0. The molecule has 0 bridgehead atoms. The molecular formula is C62H119NO5. The van der Waals surface area contributed by atoms with E-state index < -0.39 is 12.1 Å². The summed E-state index contributed by atoms with van der Waals surface area (Å²) in [5.41, 5.74) is 0. The molecule has 0 spiro atoms. The van der Waals surface area contributed by atoms with Crippen molar-refractivity contribution >= 4 is 11.9 Å². The van der Waals surface area contributed by atoms with E-state index in [-0.39, 0.29) is 18.5 Å². The van der Waals surface area contributed by atoms with Gasteiger partial charge in [0.1, 0.15) is 0 Å². The fourth-order valence-corrected chi connectivity index (χ4v) is 9.55. The third-order valence-corrected chi connectivity index (χ3v) is 14.3. The number of allylic oxidation sites excluding steroid dienone is 4. The van der Waals surface area contributed by atoms with Crippen LogP contribution in [-0.4, -0.2) is 47.4 Å². The first-order chi connectivity index (χ1) is 33.5. The Labute approximate surface area is 424 Å². The van der Waals surface area contributed by atoms with E-state index >= 15 is 0 Å². The Morgan fingerprint density at radius 2 is 0.735 bits per heavy atom. The van der Waals surface area contributed by atoms with E-state index in [2.05, 4.69) is 43.5 Å². The monoisotopic (exact) mass is 958 g/mol. The molecule has 0 fully saturated rings. The molecule has 1 amide bonds. The van der Waals surface area contributed by atoms with Crippen LogP contribution in [0.1, 0.15) is 335 Å². The Morgan fingerprint density at radius 1 is 0.412 bits per heavy atom. The van der Waals surface area contributed by atoms with Gasteiger partial charge in [-0.25, -0.2) is 0 Å². The van der Waals surface area contributed by atoms with Gasteiger partial charge >= 0.3 is 5.97 Å². The summed E-state index contributed by atoms with van der Waals surface area (Å²) in [6.07, 6.45) is 70.3. The second kappa shape index (κ2) is 57.9. The second-order valence-electron chi connectivity index (χ2n) is 21.0. The lowest BCUT2D eigenvalue weighted by molar-refractivity contribution is -0.143. The molecule has 3 N–H and O–H groups in total. The maximum atomic E-state index is 12.5. The predicted molar refractivity (Wildman–Crippen MR) is 296 cm³/mol. The van der Waals surface area contributed by atoms with Crippen LogP contribution in [-0.2, 0) is 14.3 Å². The molecule has 0 aliphatic carbocycles. The molecular weight excluding hydrogens is 839 g/mol. The van der Waals surface area contributed by atoms with Crippen molar-refractivity contribution in [3.63, 3.8) is 0 Å². The van der Waals surface area contributed by atoms with Gasteiger partial charge in [-0.2, -0.15) is 0 Å². The van der Waals surface area contributed by atoms with Crippen LogP contribution in [0.2, 0.25) is 0 Å². The minimum atomic E-state index is -0.670. The Balaban J connectivity index is 3.42. The zero-order valence-electron chi connectivity index (χ0n) is 45.9. The average Bonchev–Trinajstić information content (AvgIpc) is 3.34. The largest absolute Gasteiger partial charge is 0.466 e. The lowest BCUT2D eigenvalue weighted by Crippen LogP contribution is -2.45. The molecule has 0 aromatic rings. The highest BCUT2D eigenvalue weighted by Crippen LogP contribution is 2.18. The van der Waals surface area contributed by atoms with Crippen LogP contribution in [0.15, 0.2) is 24.3 Å². The Kier molecular flexibility index (Phi) is 56.5. The molecule has 0 aromatic heterocycles. The quantitative estimate of drug-likeness (QED) is 0.0321. The van der Waals surface area contributed by atoms with E-state index in [4.69, 9.17) is 4.74 Å². The number of carbonyl (C=O) groups is 2. The maximum absolute atomic E-state index is 12.5. The SMILES string of the molecule is CCCCC/C=C\C/C=C\CCCCCCCCCCCC(=O)OCCCCCCCCCCCCCCCCCC(=O)NC(CO)C(O)CCCCCCCCCCCCCCCCCCC. The van der Waals surface area contributed by atoms with Gasteiger partial charge in [-0.1, -0.05) is 289 Å². The molecule has 0 aromatic carbocycles. The maximum Gasteiger partial charge on any atom is 0.305 e. The summed E-state index contributed by atoms with van der Waals surface area (Å²) in [5.74, 6) is -0.0435. The molecule has 0 rings (SSSR count). The number of nitrogens with one attached hydrogen (secondary N) is 1. The molecule has 0 saturated carbocycles. The van der Waals surface area contributed by atoms with Gasteiger partial charge in [-0.15, -0.1) is 0 Å². The molecule has 0 saturated heterocycles. The fraction of sp³-hybridized carbons (Fsp3) is 0.903. The Morgan fingerprint density at radius 3 is 1.15 bits per heavy atom. The number of unbranched alkanes of at least 4 members (excludes halogenated alkanes) is 42. The minimum Gasteiger partial charge on any atom is -0.466 e. The summed E-state index contributed by atoms with van der Waals surface area (Å²) >= 11 is 0. The Hall–Kier alpha value is -1.66. The summed E-state index contributed by atoms with van der Waals surface area (Å²) in [6, 6.07) is -0.548. The molecule has 0 aliphatic heterocycles. The van der Waals surface area contributed by atoms with Crippen molar-refractivity contribution in [3.05, 3.63) is 24.3 Å². The third-order valence-electron chi connectivity index (χ3n) is 14.3. The third kappa shape index (κ3) is 53.7. The lowest BCUT2D eigenvalue weighted by Gasteiger charge is -2.22. The van der Waals surface area contributed by atoms with Crippen molar-refractivity contribution in [1.29, 1.82) is 0 Å². The minimum absolute atomic E-state index is 0.00238. The number of rotatable bonds is 57. The number of hydrogen-bond donors (Lipinski definition) is 3. The van der Waals surface area contributed by atoms with Gasteiger partial charge in [0.25, 0.3) is 0 Å². The molecule has 0 radical (unpaired) electrons. The smallest absolute Gasteiger partial charge is 0.305 e. The molecule has 0 aliphatic rings. The van der Waals surface area contributed by atoms with Crippen molar-refractivity contribution in [2.75, 3.05) is 13.2 Å². The highest BCUT2D eigenvalue weighted by atomic mass is 16.5. The van der Waals surface area contributed by atoms with Gasteiger partial charge < -0.3 is 20.3 Å². The number of amides is 1. The molecule has 6 nitrogen and oxygen atoms in total. The molecule has 68 heavy (non-hydrogen) atoms. The van der Waals surface area contributed by atoms with Crippen molar-refractivity contribution in [2.45, 2.75) is 347 Å². The summed E-state index contributed by atoms with van der Waals surface area (Å²) in [6.45, 7) is 4.93. The number of ether oxygens (including phenoxy) is 1. The van der Waals surface area contributed by atoms with Gasteiger partial charge in [-0.3, -0.25) is 9.59 Å². The van der Waals surface area contributed by atoms with Crippen LogP contribution < -0.4 is 5.32 Å². The van der Waals surface area contributed by atoms with Crippen LogP contribution in [0.5, 0.6) is 0 Å². The van der Waals surface area contributed by atoms with Crippen LogP contribution in [0, 0.1) is 0 Å². The summed E-state index contributed by atoms with van der Waals surface area (Å²) in [4.78, 5) is 24.6. The highest BCUT2D eigenvalue weighted by molar-refractivity contribution is 5.76. The first-order valence-electron chi connectivity index (χ1n) is 30.6. The standard InChI is InChI=1S/C62H119NO5/c1-3-5-7-9-11-13-15-17-19-21-22-24-28-32-36-40-44-48-52-56-62(67)68-57-53-49-45-41-37-33-29-25-27-31-35-39-43-47-51-55-61(66)63-59(58-64)60(65)54-50-46-42-38-34-30-26-23-20-18-16-14-12-10-8-6-4-2/h11,13,17,19,59-60,64-65H,3-10,12,14-16,18,20-58H2,1-2H3,(H,63,66)/b13-11-,19-17-. The number of aliphatic hydroxyl groups excluding tert-OH is 2. The van der Waals surface area contributed by atoms with Crippen molar-refractivity contribution < 1.29 is 24.5 Å². The zero-order chi connectivity index (χ0) is 49.3. The van der Waals surface area contributed by atoms with Gasteiger partial charge in [0.15, 0.2) is 0 Å². The summed E-state index contributed by atoms with van der Waals surface area (Å²) in [7, 11) is 0. The summed E-state index contributed by atoms with van der Waals surface area (Å²) in [5, 5.41) is 23.3. The second-order valence-corrected chi connectivity index (χ2v) is 21.0. The van der Waals surface area contributed by atoms with E-state index in [1.165, 1.54) is 244 Å².